The Balaban J connectivity index is 1.96. The SMILES string of the molecule is CN(C)c1ccc(NCc2ncccn2)cc1. The Morgan fingerprint density at radius 3 is 2.29 bits per heavy atom. The van der Waals surface area contributed by atoms with E-state index in [9.17, 15) is 0 Å². The van der Waals surface area contributed by atoms with Crippen molar-refractivity contribution < 1.29 is 0 Å². The predicted molar refractivity (Wildman–Crippen MR) is 70.1 cm³/mol. The van der Waals surface area contributed by atoms with Crippen molar-refractivity contribution in [3.63, 3.8) is 0 Å². The summed E-state index contributed by atoms with van der Waals surface area (Å²) >= 11 is 0. The molecule has 88 valence electrons. The van der Waals surface area contributed by atoms with Gasteiger partial charge in [-0.05, 0) is 30.3 Å². The normalized spacial score (nSPS) is 10.0. The zero-order chi connectivity index (χ0) is 12.1. The van der Waals surface area contributed by atoms with E-state index in [4.69, 9.17) is 0 Å². The van der Waals surface area contributed by atoms with Crippen molar-refractivity contribution in [1.29, 1.82) is 0 Å². The van der Waals surface area contributed by atoms with Crippen molar-refractivity contribution in [3.05, 3.63) is 48.5 Å². The van der Waals surface area contributed by atoms with Crippen LogP contribution < -0.4 is 10.2 Å². The second-order valence-electron chi connectivity index (χ2n) is 3.96. The van der Waals surface area contributed by atoms with Gasteiger partial charge in [0.25, 0.3) is 0 Å². The van der Waals surface area contributed by atoms with Crippen molar-refractivity contribution in [1.82, 2.24) is 9.97 Å². The molecule has 4 heteroatoms. The molecule has 2 aromatic rings. The van der Waals surface area contributed by atoms with Gasteiger partial charge in [-0.3, -0.25) is 0 Å². The Morgan fingerprint density at radius 2 is 1.71 bits per heavy atom. The van der Waals surface area contributed by atoms with E-state index in [1.165, 1.54) is 5.69 Å². The smallest absolute Gasteiger partial charge is 0.147 e. The molecule has 0 spiro atoms. The number of benzene rings is 1. The van der Waals surface area contributed by atoms with E-state index in [0.29, 0.717) is 6.54 Å². The van der Waals surface area contributed by atoms with E-state index in [-0.39, 0.29) is 0 Å². The van der Waals surface area contributed by atoms with E-state index in [1.54, 1.807) is 12.4 Å². The summed E-state index contributed by atoms with van der Waals surface area (Å²) in [5.74, 6) is 0.796. The highest BCUT2D eigenvalue weighted by atomic mass is 15.1. The van der Waals surface area contributed by atoms with Crippen molar-refractivity contribution >= 4 is 11.4 Å². The van der Waals surface area contributed by atoms with Gasteiger partial charge < -0.3 is 10.2 Å². The summed E-state index contributed by atoms with van der Waals surface area (Å²) in [6.45, 7) is 0.641. The molecule has 4 nitrogen and oxygen atoms in total. The lowest BCUT2D eigenvalue weighted by Crippen LogP contribution is -2.08. The van der Waals surface area contributed by atoms with Crippen LogP contribution >= 0.6 is 0 Å². The van der Waals surface area contributed by atoms with Gasteiger partial charge in [0.05, 0.1) is 6.54 Å². The summed E-state index contributed by atoms with van der Waals surface area (Å²) in [7, 11) is 4.06. The minimum Gasteiger partial charge on any atom is -0.378 e. The lowest BCUT2D eigenvalue weighted by Gasteiger charge is -2.13. The second kappa shape index (κ2) is 5.30. The van der Waals surface area contributed by atoms with Gasteiger partial charge in [-0.1, -0.05) is 0 Å². The summed E-state index contributed by atoms with van der Waals surface area (Å²) in [5, 5.41) is 3.28. The summed E-state index contributed by atoms with van der Waals surface area (Å²) in [6, 6.07) is 10.1. The first kappa shape index (κ1) is 11.4. The summed E-state index contributed by atoms with van der Waals surface area (Å²) < 4.78 is 0. The van der Waals surface area contributed by atoms with Crippen molar-refractivity contribution in [2.75, 3.05) is 24.3 Å². The maximum Gasteiger partial charge on any atom is 0.147 e. The third kappa shape index (κ3) is 3.17. The minimum absolute atomic E-state index is 0.641. The van der Waals surface area contributed by atoms with Gasteiger partial charge >= 0.3 is 0 Å². The highest BCUT2D eigenvalue weighted by molar-refractivity contribution is 5.54. The lowest BCUT2D eigenvalue weighted by molar-refractivity contribution is 0.948. The highest BCUT2D eigenvalue weighted by Gasteiger charge is 1.97. The molecule has 0 amide bonds. The number of anilines is 2. The fraction of sp³-hybridized carbons (Fsp3) is 0.231. The maximum atomic E-state index is 4.16. The molecule has 1 N–H and O–H groups in total. The molecule has 0 aliphatic rings. The van der Waals surface area contributed by atoms with Crippen LogP contribution in [0.5, 0.6) is 0 Å². The maximum absolute atomic E-state index is 4.16. The molecular formula is C13H16N4. The van der Waals surface area contributed by atoms with Gasteiger partial charge in [-0.25, -0.2) is 9.97 Å². The molecular weight excluding hydrogens is 212 g/mol. The second-order valence-corrected chi connectivity index (χ2v) is 3.96. The molecule has 0 saturated heterocycles. The van der Waals surface area contributed by atoms with Gasteiger partial charge in [-0.15, -0.1) is 0 Å². The average Bonchev–Trinajstić information content (AvgIpc) is 2.38. The molecule has 17 heavy (non-hydrogen) atoms. The Morgan fingerprint density at radius 1 is 1.06 bits per heavy atom. The predicted octanol–water partition coefficient (Wildman–Crippen LogP) is 2.15. The Kier molecular flexibility index (Phi) is 3.55. The first-order valence-corrected chi connectivity index (χ1v) is 5.53. The third-order valence-electron chi connectivity index (χ3n) is 2.45. The van der Waals surface area contributed by atoms with Crippen LogP contribution in [0, 0.1) is 0 Å². The topological polar surface area (TPSA) is 41.0 Å². The first-order chi connectivity index (χ1) is 8.25. The average molecular weight is 228 g/mol. The summed E-state index contributed by atoms with van der Waals surface area (Å²) in [5.41, 5.74) is 2.26. The first-order valence-electron chi connectivity index (χ1n) is 5.53. The van der Waals surface area contributed by atoms with Gasteiger partial charge in [0, 0.05) is 37.9 Å². The standard InChI is InChI=1S/C13H16N4/c1-17(2)12-6-4-11(5-7-12)16-10-13-14-8-3-9-15-13/h3-9,16H,10H2,1-2H3. The van der Waals surface area contributed by atoms with Crippen LogP contribution in [-0.2, 0) is 6.54 Å². The minimum atomic E-state index is 0.641. The molecule has 1 aromatic carbocycles. The van der Waals surface area contributed by atoms with Gasteiger partial charge in [0.2, 0.25) is 0 Å². The van der Waals surface area contributed by atoms with E-state index in [2.05, 4.69) is 44.5 Å². The highest BCUT2D eigenvalue weighted by Crippen LogP contribution is 2.15. The van der Waals surface area contributed by atoms with Crippen LogP contribution in [0.25, 0.3) is 0 Å². The van der Waals surface area contributed by atoms with E-state index in [0.717, 1.165) is 11.5 Å². The molecule has 2 rings (SSSR count). The van der Waals surface area contributed by atoms with Crippen molar-refractivity contribution in [2.24, 2.45) is 0 Å². The van der Waals surface area contributed by atoms with Crippen molar-refractivity contribution in [2.45, 2.75) is 6.54 Å². The molecule has 0 unspecified atom stereocenters. The molecule has 0 aliphatic carbocycles. The number of nitrogens with zero attached hydrogens (tertiary/aromatic N) is 3. The monoisotopic (exact) mass is 228 g/mol. The van der Waals surface area contributed by atoms with E-state index >= 15 is 0 Å². The van der Waals surface area contributed by atoms with E-state index < -0.39 is 0 Å². The van der Waals surface area contributed by atoms with Crippen LogP contribution in [0.1, 0.15) is 5.82 Å². The molecule has 0 bridgehead atoms. The van der Waals surface area contributed by atoms with E-state index in [1.807, 2.05) is 20.2 Å². The molecule has 1 heterocycles. The van der Waals surface area contributed by atoms with Crippen LogP contribution in [-0.4, -0.2) is 24.1 Å². The van der Waals surface area contributed by atoms with Crippen LogP contribution in [0.4, 0.5) is 11.4 Å². The third-order valence-corrected chi connectivity index (χ3v) is 2.45. The number of rotatable bonds is 4. The summed E-state index contributed by atoms with van der Waals surface area (Å²) in [4.78, 5) is 10.4. The number of nitrogens with one attached hydrogen (secondary N) is 1. The van der Waals surface area contributed by atoms with Crippen LogP contribution in [0.3, 0.4) is 0 Å². The molecule has 0 radical (unpaired) electrons. The Bertz CT molecular complexity index is 451. The number of hydrogen-bond acceptors (Lipinski definition) is 4. The van der Waals surface area contributed by atoms with Gasteiger partial charge in [-0.2, -0.15) is 0 Å². The lowest BCUT2D eigenvalue weighted by atomic mass is 10.2. The zero-order valence-corrected chi connectivity index (χ0v) is 10.1. The van der Waals surface area contributed by atoms with Gasteiger partial charge in [0.15, 0.2) is 0 Å². The molecule has 0 atom stereocenters. The molecule has 0 saturated carbocycles. The van der Waals surface area contributed by atoms with Crippen LogP contribution in [0.15, 0.2) is 42.7 Å². The quantitative estimate of drug-likeness (QED) is 0.870. The molecule has 1 aromatic heterocycles. The Labute approximate surface area is 101 Å². The fourth-order valence-corrected chi connectivity index (χ4v) is 1.48. The molecule has 0 fully saturated rings. The molecule has 0 aliphatic heterocycles. The largest absolute Gasteiger partial charge is 0.378 e. The summed E-state index contributed by atoms with van der Waals surface area (Å²) in [6.07, 6.45) is 3.50. The van der Waals surface area contributed by atoms with Gasteiger partial charge in [0.1, 0.15) is 5.82 Å². The Hall–Kier alpha value is -2.10. The number of hydrogen-bond donors (Lipinski definition) is 1. The zero-order valence-electron chi connectivity index (χ0n) is 10.1. The van der Waals surface area contributed by atoms with Crippen molar-refractivity contribution in [3.8, 4) is 0 Å². The fourth-order valence-electron chi connectivity index (χ4n) is 1.48. The number of aromatic nitrogens is 2. The van der Waals surface area contributed by atoms with Crippen LogP contribution in [0.2, 0.25) is 0 Å².